The van der Waals surface area contributed by atoms with Gasteiger partial charge in [0, 0.05) is 11.9 Å². The topological polar surface area (TPSA) is 202 Å². The molecule has 0 heterocycles. The summed E-state index contributed by atoms with van der Waals surface area (Å²) in [6.07, 6.45) is 11.4. The van der Waals surface area contributed by atoms with Crippen LogP contribution in [-0.4, -0.2) is 117 Å². The number of carbonyl (C=O) groups is 2. The number of carboxylic acid groups (broad SMARTS) is 2. The third-order valence-electron chi connectivity index (χ3n) is 20.6. The van der Waals surface area contributed by atoms with Crippen LogP contribution in [0, 0.1) is 92.7 Å². The van der Waals surface area contributed by atoms with E-state index < -0.39 is 24.1 Å². The summed E-state index contributed by atoms with van der Waals surface area (Å²) in [7, 11) is 0. The second kappa shape index (κ2) is 18.1. The van der Waals surface area contributed by atoms with E-state index in [1.807, 2.05) is 0 Å². The van der Waals surface area contributed by atoms with Crippen LogP contribution in [0.5, 0.6) is 0 Å². The molecule has 59 heavy (non-hydrogen) atoms. The molecular formula is C48H78CaO10. The Balaban J connectivity index is 0.000000195. The summed E-state index contributed by atoms with van der Waals surface area (Å²) < 4.78 is 0. The Morgan fingerprint density at radius 1 is 0.542 bits per heavy atom. The fourth-order valence-electron chi connectivity index (χ4n) is 17.4. The minimum absolute atomic E-state index is 0. The van der Waals surface area contributed by atoms with Crippen LogP contribution in [0.15, 0.2) is 0 Å². The van der Waals surface area contributed by atoms with Crippen molar-refractivity contribution in [3.05, 3.63) is 0 Å². The number of rotatable bonds is 8. The van der Waals surface area contributed by atoms with Crippen molar-refractivity contribution in [2.75, 3.05) is 0 Å². The average Bonchev–Trinajstić information content (AvgIpc) is 3.70. The first-order valence-corrected chi connectivity index (χ1v) is 23.7. The molecule has 8 fully saturated rings. The fraction of sp³-hybridized carbons (Fsp3) is 0.958. The van der Waals surface area contributed by atoms with Gasteiger partial charge in [0.25, 0.3) is 0 Å². The maximum absolute atomic E-state index is 11.5. The summed E-state index contributed by atoms with van der Waals surface area (Å²) in [5.74, 6) is 1.27. The monoisotopic (exact) mass is 855 g/mol. The van der Waals surface area contributed by atoms with Crippen LogP contribution < -0.4 is 10.2 Å². The number of aliphatic hydroxyl groups excluding tert-OH is 6. The summed E-state index contributed by atoms with van der Waals surface area (Å²) in [5, 5.41) is 87.7. The van der Waals surface area contributed by atoms with Crippen LogP contribution in [0.25, 0.3) is 0 Å². The van der Waals surface area contributed by atoms with Crippen molar-refractivity contribution >= 4 is 49.7 Å². The van der Waals surface area contributed by atoms with Crippen LogP contribution in [0.2, 0.25) is 0 Å². The van der Waals surface area contributed by atoms with Crippen LogP contribution in [-0.2, 0) is 9.59 Å². The second-order valence-electron chi connectivity index (χ2n) is 22.8. The summed E-state index contributed by atoms with van der Waals surface area (Å²) in [4.78, 5) is 21.9. The number of hydrogen-bond donors (Lipinski definition) is 6. The molecule has 8 aliphatic rings. The molecular weight excluding hydrogens is 777 g/mol. The molecule has 0 saturated heterocycles. The molecule has 332 valence electrons. The Kier molecular flexibility index (Phi) is 14.8. The second-order valence-corrected chi connectivity index (χ2v) is 22.8. The zero-order valence-electron chi connectivity index (χ0n) is 37.1. The van der Waals surface area contributed by atoms with Gasteiger partial charge in [-0.3, -0.25) is 0 Å². The minimum atomic E-state index is -0.998. The van der Waals surface area contributed by atoms with Gasteiger partial charge in [-0.15, -0.1) is 0 Å². The summed E-state index contributed by atoms with van der Waals surface area (Å²) >= 11 is 0. The van der Waals surface area contributed by atoms with Crippen LogP contribution in [0.4, 0.5) is 0 Å². The molecule has 0 spiro atoms. The zero-order valence-corrected chi connectivity index (χ0v) is 39.4. The Labute approximate surface area is 384 Å². The van der Waals surface area contributed by atoms with Gasteiger partial charge >= 0.3 is 37.7 Å². The van der Waals surface area contributed by atoms with Gasteiger partial charge in [-0.25, -0.2) is 0 Å². The van der Waals surface area contributed by atoms with Crippen LogP contribution in [0.1, 0.15) is 157 Å². The first-order valence-electron chi connectivity index (χ1n) is 23.7. The molecule has 6 N–H and O–H groups in total. The first-order chi connectivity index (χ1) is 27.2. The SMILES string of the molecule is C[C@H](CCC(=O)[O-])[C@H]1CC[C@H]2[C@@H]3[C@H](O)C[C@@H]4C[C@H](O)CC[C@]4(C)[C@H]3C[C@H](O)[C@]12C.C[C@H](CCC(=O)[O-])[C@H]1CC[C@H]2[C@@H]3[C@H](O)C[C@@H]4C[C@H](O)CC[C@]4(C)[C@H]3C[C@H](O)[C@]12C.[Ca+2]. The van der Waals surface area contributed by atoms with E-state index in [-0.39, 0.29) is 144 Å². The Hall–Kier alpha value is -0.0403. The molecule has 0 amide bonds. The van der Waals surface area contributed by atoms with Crippen molar-refractivity contribution in [1.82, 2.24) is 0 Å². The first kappa shape index (κ1) is 48.4. The standard InChI is InChI=1S/2C24H40O5.Ca/c2*1-13(4-7-21(28)29)16-5-6-17-22-18(12-20(27)24(16,17)3)23(2)9-8-15(25)10-14(23)11-19(22)26;/h2*13-20,22,25-27H,4-12H2,1-3H3,(H,28,29);/q;;+2/p-2/t2*13-,14+,15-,16-,17+,18+,19-,20+,22+,23+,24-;/m11./s1. The number of hydrogen-bond acceptors (Lipinski definition) is 10. The maximum atomic E-state index is 11.5. The third-order valence-corrected chi connectivity index (χ3v) is 20.6. The average molecular weight is 855 g/mol. The van der Waals surface area contributed by atoms with Gasteiger partial charge < -0.3 is 50.4 Å². The predicted molar refractivity (Wildman–Crippen MR) is 221 cm³/mol. The molecule has 8 rings (SSSR count). The van der Waals surface area contributed by atoms with E-state index in [0.717, 1.165) is 89.9 Å². The fourth-order valence-corrected chi connectivity index (χ4v) is 17.4. The molecule has 8 saturated carbocycles. The molecule has 0 aliphatic heterocycles. The van der Waals surface area contributed by atoms with E-state index in [2.05, 4.69) is 41.5 Å². The smallest absolute Gasteiger partial charge is 0.550 e. The Morgan fingerprint density at radius 3 is 1.24 bits per heavy atom. The maximum Gasteiger partial charge on any atom is 2.00 e. The zero-order chi connectivity index (χ0) is 42.3. The van der Waals surface area contributed by atoms with E-state index >= 15 is 0 Å². The Bertz CT molecular complexity index is 1390. The van der Waals surface area contributed by atoms with Crippen molar-refractivity contribution in [1.29, 1.82) is 0 Å². The summed E-state index contributed by atoms with van der Waals surface area (Å²) in [6, 6.07) is 0. The molecule has 0 aromatic rings. The molecule has 0 bridgehead atoms. The minimum Gasteiger partial charge on any atom is -0.550 e. The molecule has 11 heteroatoms. The summed E-state index contributed by atoms with van der Waals surface area (Å²) in [5.41, 5.74) is -0.343. The number of carbonyl (C=O) groups excluding carboxylic acids is 2. The quantitative estimate of drug-likeness (QED) is 0.195. The van der Waals surface area contributed by atoms with Crippen molar-refractivity contribution in [2.45, 2.75) is 194 Å². The largest absolute Gasteiger partial charge is 2.00 e. The van der Waals surface area contributed by atoms with E-state index in [1.54, 1.807) is 0 Å². The number of aliphatic carboxylic acids is 2. The molecule has 0 aromatic carbocycles. The van der Waals surface area contributed by atoms with E-state index in [4.69, 9.17) is 0 Å². The molecule has 10 nitrogen and oxygen atoms in total. The number of fused-ring (bicyclic) bond motifs is 10. The van der Waals surface area contributed by atoms with Crippen LogP contribution >= 0.6 is 0 Å². The molecule has 0 radical (unpaired) electrons. The molecule has 22 atom stereocenters. The van der Waals surface area contributed by atoms with Crippen molar-refractivity contribution < 1.29 is 50.4 Å². The number of carboxylic acids is 2. The normalized spacial score (nSPS) is 52.0. The van der Waals surface area contributed by atoms with Gasteiger partial charge in [0.2, 0.25) is 0 Å². The van der Waals surface area contributed by atoms with Gasteiger partial charge in [0.05, 0.1) is 36.6 Å². The molecule has 8 aliphatic carbocycles. The van der Waals surface area contributed by atoms with Gasteiger partial charge in [-0.1, -0.05) is 41.5 Å². The van der Waals surface area contributed by atoms with Gasteiger partial charge in [-0.05, 0) is 208 Å². The number of aliphatic hydroxyl groups is 6. The van der Waals surface area contributed by atoms with Gasteiger partial charge in [-0.2, -0.15) is 0 Å². The van der Waals surface area contributed by atoms with Crippen molar-refractivity contribution in [3.8, 4) is 0 Å². The van der Waals surface area contributed by atoms with E-state index in [0.29, 0.717) is 36.5 Å². The van der Waals surface area contributed by atoms with E-state index in [1.165, 1.54) is 0 Å². The van der Waals surface area contributed by atoms with Gasteiger partial charge in [0.15, 0.2) is 0 Å². The van der Waals surface area contributed by atoms with Crippen molar-refractivity contribution in [2.24, 2.45) is 92.7 Å². The van der Waals surface area contributed by atoms with Crippen LogP contribution in [0.3, 0.4) is 0 Å². The van der Waals surface area contributed by atoms with E-state index in [9.17, 15) is 50.4 Å². The van der Waals surface area contributed by atoms with Crippen molar-refractivity contribution in [3.63, 3.8) is 0 Å². The summed E-state index contributed by atoms with van der Waals surface area (Å²) in [6.45, 7) is 13.3. The molecule has 0 aromatic heterocycles. The van der Waals surface area contributed by atoms with Gasteiger partial charge in [0.1, 0.15) is 0 Å². The molecule has 0 unspecified atom stereocenters. The Morgan fingerprint density at radius 2 is 0.898 bits per heavy atom. The third kappa shape index (κ3) is 8.29. The predicted octanol–water partition coefficient (Wildman–Crippen LogP) is 3.85.